The average Bonchev–Trinajstić information content (AvgIpc) is 2.81. The second kappa shape index (κ2) is 8.97. The van der Waals surface area contributed by atoms with Crippen molar-refractivity contribution < 1.29 is 9.47 Å². The molecule has 0 spiro atoms. The molecule has 0 aliphatic heterocycles. The number of hydrogen-bond acceptors (Lipinski definition) is 3. The summed E-state index contributed by atoms with van der Waals surface area (Å²) in [5.41, 5.74) is 0. The maximum Gasteiger partial charge on any atom is 0.0700 e. The largest absolute Gasteiger partial charge is 0.382 e. The fourth-order valence-electron chi connectivity index (χ4n) is 2.37. The molecule has 0 bridgehead atoms. The summed E-state index contributed by atoms with van der Waals surface area (Å²) in [6.07, 6.45) is 6.78. The van der Waals surface area contributed by atoms with Gasteiger partial charge in [-0.15, -0.1) is 0 Å². The highest BCUT2D eigenvalue weighted by atomic mass is 16.5. The van der Waals surface area contributed by atoms with Crippen LogP contribution >= 0.6 is 0 Å². The van der Waals surface area contributed by atoms with Crippen LogP contribution in [0.2, 0.25) is 0 Å². The van der Waals surface area contributed by atoms with Crippen LogP contribution in [-0.4, -0.2) is 39.5 Å². The number of methoxy groups -OCH3 is 1. The van der Waals surface area contributed by atoms with Crippen LogP contribution in [0.15, 0.2) is 0 Å². The first-order chi connectivity index (χ1) is 7.84. The number of hydrogen-bond donors (Lipinski definition) is 1. The molecule has 0 saturated heterocycles. The summed E-state index contributed by atoms with van der Waals surface area (Å²) in [7, 11) is 1.70. The SMILES string of the molecule is COCCOCCCN[C@H](C)C1CCCC1. The molecule has 0 radical (unpaired) electrons. The lowest BCUT2D eigenvalue weighted by Gasteiger charge is -2.20. The number of rotatable bonds is 9. The molecule has 1 atom stereocenters. The van der Waals surface area contributed by atoms with E-state index in [1.165, 1.54) is 25.7 Å². The third-order valence-corrected chi connectivity index (χ3v) is 3.47. The molecule has 0 unspecified atom stereocenters. The van der Waals surface area contributed by atoms with Crippen LogP contribution in [0.1, 0.15) is 39.0 Å². The molecule has 1 fully saturated rings. The highest BCUT2D eigenvalue weighted by Crippen LogP contribution is 2.27. The van der Waals surface area contributed by atoms with E-state index in [0.29, 0.717) is 19.3 Å². The van der Waals surface area contributed by atoms with E-state index < -0.39 is 0 Å². The van der Waals surface area contributed by atoms with Gasteiger partial charge >= 0.3 is 0 Å². The van der Waals surface area contributed by atoms with Crippen LogP contribution in [0.4, 0.5) is 0 Å². The van der Waals surface area contributed by atoms with Crippen molar-refractivity contribution in [2.45, 2.75) is 45.1 Å². The molecule has 1 aliphatic carbocycles. The lowest BCUT2D eigenvalue weighted by Crippen LogP contribution is -2.33. The van der Waals surface area contributed by atoms with Gasteiger partial charge in [0.2, 0.25) is 0 Å². The summed E-state index contributed by atoms with van der Waals surface area (Å²) in [5.74, 6) is 0.911. The van der Waals surface area contributed by atoms with E-state index in [-0.39, 0.29) is 0 Å². The van der Waals surface area contributed by atoms with Gasteiger partial charge in [0.15, 0.2) is 0 Å². The van der Waals surface area contributed by atoms with Crippen molar-refractivity contribution in [2.24, 2.45) is 5.92 Å². The quantitative estimate of drug-likeness (QED) is 0.615. The van der Waals surface area contributed by atoms with E-state index in [1.807, 2.05) is 0 Å². The zero-order valence-electron chi connectivity index (χ0n) is 10.8. The van der Waals surface area contributed by atoms with E-state index in [2.05, 4.69) is 12.2 Å². The predicted octanol–water partition coefficient (Wildman–Crippen LogP) is 2.21. The van der Waals surface area contributed by atoms with E-state index in [9.17, 15) is 0 Å². The predicted molar refractivity (Wildman–Crippen MR) is 66.7 cm³/mol. The fourth-order valence-corrected chi connectivity index (χ4v) is 2.37. The topological polar surface area (TPSA) is 30.5 Å². The normalized spacial score (nSPS) is 19.1. The molecular weight excluding hydrogens is 202 g/mol. The van der Waals surface area contributed by atoms with Crippen LogP contribution in [0.3, 0.4) is 0 Å². The average molecular weight is 229 g/mol. The maximum atomic E-state index is 5.42. The second-order valence-corrected chi connectivity index (χ2v) is 4.75. The Morgan fingerprint density at radius 1 is 1.19 bits per heavy atom. The van der Waals surface area contributed by atoms with Gasteiger partial charge in [0.05, 0.1) is 13.2 Å². The lowest BCUT2D eigenvalue weighted by atomic mass is 10.00. The summed E-state index contributed by atoms with van der Waals surface area (Å²) in [6, 6.07) is 0.682. The van der Waals surface area contributed by atoms with Gasteiger partial charge in [-0.1, -0.05) is 12.8 Å². The van der Waals surface area contributed by atoms with Crippen LogP contribution in [0, 0.1) is 5.92 Å². The molecular formula is C13H27NO2. The summed E-state index contributed by atoms with van der Waals surface area (Å²) in [5, 5.41) is 3.60. The standard InChI is InChI=1S/C13H27NO2/c1-12(13-6-3-4-7-13)14-8-5-9-16-11-10-15-2/h12-14H,3-11H2,1-2H3/t12-/m1/s1. The van der Waals surface area contributed by atoms with Gasteiger partial charge in [-0.25, -0.2) is 0 Å². The van der Waals surface area contributed by atoms with E-state index >= 15 is 0 Å². The van der Waals surface area contributed by atoms with Crippen molar-refractivity contribution in [1.29, 1.82) is 0 Å². The molecule has 3 heteroatoms. The highest BCUT2D eigenvalue weighted by Gasteiger charge is 2.20. The van der Waals surface area contributed by atoms with Crippen molar-refractivity contribution >= 4 is 0 Å². The second-order valence-electron chi connectivity index (χ2n) is 4.75. The van der Waals surface area contributed by atoms with Gasteiger partial charge in [0.25, 0.3) is 0 Å². The van der Waals surface area contributed by atoms with Gasteiger partial charge in [0.1, 0.15) is 0 Å². The number of ether oxygens (including phenoxy) is 2. The van der Waals surface area contributed by atoms with Crippen LogP contribution < -0.4 is 5.32 Å². The smallest absolute Gasteiger partial charge is 0.0700 e. The van der Waals surface area contributed by atoms with E-state index in [4.69, 9.17) is 9.47 Å². The van der Waals surface area contributed by atoms with Crippen molar-refractivity contribution in [2.75, 3.05) is 33.5 Å². The van der Waals surface area contributed by atoms with E-state index in [0.717, 1.165) is 25.5 Å². The molecule has 0 amide bonds. The molecule has 0 aromatic carbocycles. The van der Waals surface area contributed by atoms with Crippen LogP contribution in [0.5, 0.6) is 0 Å². The summed E-state index contributed by atoms with van der Waals surface area (Å²) in [6.45, 7) is 5.65. The first-order valence-corrected chi connectivity index (χ1v) is 6.64. The van der Waals surface area contributed by atoms with Crippen molar-refractivity contribution in [1.82, 2.24) is 5.32 Å². The minimum atomic E-state index is 0.682. The Hall–Kier alpha value is -0.120. The molecule has 3 nitrogen and oxygen atoms in total. The highest BCUT2D eigenvalue weighted by molar-refractivity contribution is 4.76. The molecule has 1 rings (SSSR count). The Kier molecular flexibility index (Phi) is 7.81. The zero-order valence-corrected chi connectivity index (χ0v) is 10.8. The zero-order chi connectivity index (χ0) is 11.6. The van der Waals surface area contributed by atoms with Gasteiger partial charge < -0.3 is 14.8 Å². The third-order valence-electron chi connectivity index (χ3n) is 3.47. The molecule has 1 N–H and O–H groups in total. The third kappa shape index (κ3) is 5.83. The lowest BCUT2D eigenvalue weighted by molar-refractivity contribution is 0.0691. The van der Waals surface area contributed by atoms with Crippen LogP contribution in [0.25, 0.3) is 0 Å². The summed E-state index contributed by atoms with van der Waals surface area (Å²) >= 11 is 0. The first kappa shape index (κ1) is 13.9. The fraction of sp³-hybridized carbons (Fsp3) is 1.00. The Morgan fingerprint density at radius 2 is 1.94 bits per heavy atom. The molecule has 16 heavy (non-hydrogen) atoms. The minimum Gasteiger partial charge on any atom is -0.382 e. The Bertz CT molecular complexity index is 158. The Balaban J connectivity index is 1.86. The van der Waals surface area contributed by atoms with Crippen molar-refractivity contribution in [3.63, 3.8) is 0 Å². The maximum absolute atomic E-state index is 5.42. The van der Waals surface area contributed by atoms with Crippen LogP contribution in [-0.2, 0) is 9.47 Å². The van der Waals surface area contributed by atoms with Gasteiger partial charge in [0, 0.05) is 19.8 Å². The van der Waals surface area contributed by atoms with Crippen molar-refractivity contribution in [3.8, 4) is 0 Å². The van der Waals surface area contributed by atoms with Crippen molar-refractivity contribution in [3.05, 3.63) is 0 Å². The molecule has 96 valence electrons. The molecule has 1 saturated carbocycles. The molecule has 0 aromatic rings. The first-order valence-electron chi connectivity index (χ1n) is 6.64. The molecule has 0 aromatic heterocycles. The number of nitrogens with one attached hydrogen (secondary N) is 1. The summed E-state index contributed by atoms with van der Waals surface area (Å²) in [4.78, 5) is 0. The molecule has 1 aliphatic rings. The van der Waals surface area contributed by atoms with Gasteiger partial charge in [-0.3, -0.25) is 0 Å². The van der Waals surface area contributed by atoms with E-state index in [1.54, 1.807) is 7.11 Å². The van der Waals surface area contributed by atoms with Gasteiger partial charge in [-0.2, -0.15) is 0 Å². The van der Waals surface area contributed by atoms with Gasteiger partial charge in [-0.05, 0) is 38.6 Å². The monoisotopic (exact) mass is 229 g/mol. The summed E-state index contributed by atoms with van der Waals surface area (Å²) < 4.78 is 10.3. The molecule has 0 heterocycles. The minimum absolute atomic E-state index is 0.682. The Labute approximate surface area is 99.9 Å². The Morgan fingerprint density at radius 3 is 2.62 bits per heavy atom.